The zero-order chi connectivity index (χ0) is 16.5. The van der Waals surface area contributed by atoms with E-state index in [0.717, 1.165) is 18.4 Å². The maximum Gasteiger partial charge on any atom is 0.488 e. The van der Waals surface area contributed by atoms with E-state index in [1.54, 1.807) is 17.0 Å². The maximum atomic E-state index is 12.5. The van der Waals surface area contributed by atoms with Crippen molar-refractivity contribution in [3.63, 3.8) is 0 Å². The van der Waals surface area contributed by atoms with Crippen LogP contribution in [0.5, 0.6) is 0 Å². The molecule has 1 amide bonds. The molecule has 1 unspecified atom stereocenters. The Morgan fingerprint density at radius 2 is 1.82 bits per heavy atom. The molecule has 5 nitrogen and oxygen atoms in total. The van der Waals surface area contributed by atoms with Gasteiger partial charge in [0.25, 0.3) is 0 Å². The molecule has 0 spiro atoms. The van der Waals surface area contributed by atoms with Crippen molar-refractivity contribution >= 4 is 18.7 Å². The standard InChI is InChI=1S/C16H24BNO4/c1-11(12-5-7-13(8-6-12)17(20)21)18(14-9-10-14)15(19)22-16(2,3)4/h5-8,11,14,20-21H,9-10H2,1-4H3. The normalized spacial score (nSPS) is 16.1. The summed E-state index contributed by atoms with van der Waals surface area (Å²) >= 11 is 0. The molecule has 1 aromatic rings. The lowest BCUT2D eigenvalue weighted by Gasteiger charge is -2.32. The van der Waals surface area contributed by atoms with Crippen molar-refractivity contribution in [2.45, 2.75) is 58.2 Å². The van der Waals surface area contributed by atoms with Crippen LogP contribution in [0.15, 0.2) is 24.3 Å². The summed E-state index contributed by atoms with van der Waals surface area (Å²) in [7, 11) is -1.48. The van der Waals surface area contributed by atoms with Gasteiger partial charge in [0.15, 0.2) is 0 Å². The Morgan fingerprint density at radius 3 is 2.23 bits per heavy atom. The van der Waals surface area contributed by atoms with E-state index in [4.69, 9.17) is 14.8 Å². The van der Waals surface area contributed by atoms with Gasteiger partial charge in [0.1, 0.15) is 5.60 Å². The van der Waals surface area contributed by atoms with Crippen LogP contribution < -0.4 is 5.46 Å². The molecule has 0 aromatic heterocycles. The molecule has 6 heteroatoms. The van der Waals surface area contributed by atoms with Crippen LogP contribution in [0.3, 0.4) is 0 Å². The van der Waals surface area contributed by atoms with Gasteiger partial charge in [-0.1, -0.05) is 24.3 Å². The van der Waals surface area contributed by atoms with E-state index in [0.29, 0.717) is 5.46 Å². The molecular weight excluding hydrogens is 281 g/mol. The molecule has 22 heavy (non-hydrogen) atoms. The lowest BCUT2D eigenvalue weighted by Crippen LogP contribution is -2.40. The summed E-state index contributed by atoms with van der Waals surface area (Å²) in [5.41, 5.74) is 0.864. The summed E-state index contributed by atoms with van der Waals surface area (Å²) in [6, 6.07) is 7.08. The van der Waals surface area contributed by atoms with Crippen molar-refractivity contribution in [2.24, 2.45) is 0 Å². The second-order valence-corrected chi connectivity index (χ2v) is 6.84. The molecule has 0 heterocycles. The molecule has 1 saturated carbocycles. The quantitative estimate of drug-likeness (QED) is 0.833. The Kier molecular flexibility index (Phi) is 4.82. The van der Waals surface area contributed by atoms with Gasteiger partial charge in [0, 0.05) is 6.04 Å². The lowest BCUT2D eigenvalue weighted by molar-refractivity contribution is 0.0153. The van der Waals surface area contributed by atoms with Crippen LogP contribution >= 0.6 is 0 Å². The number of hydrogen-bond donors (Lipinski definition) is 2. The third-order valence-corrected chi connectivity index (χ3v) is 3.68. The summed E-state index contributed by atoms with van der Waals surface area (Å²) in [6.45, 7) is 7.54. The van der Waals surface area contributed by atoms with Crippen LogP contribution in [-0.2, 0) is 4.74 Å². The van der Waals surface area contributed by atoms with Gasteiger partial charge >= 0.3 is 13.2 Å². The van der Waals surface area contributed by atoms with Crippen LogP contribution in [-0.4, -0.2) is 39.8 Å². The Morgan fingerprint density at radius 1 is 1.27 bits per heavy atom. The highest BCUT2D eigenvalue weighted by Gasteiger charge is 2.38. The third-order valence-electron chi connectivity index (χ3n) is 3.68. The average Bonchev–Trinajstić information content (AvgIpc) is 3.21. The predicted octanol–water partition coefficient (Wildman–Crippen LogP) is 1.83. The fourth-order valence-corrected chi connectivity index (χ4v) is 2.40. The highest BCUT2D eigenvalue weighted by Crippen LogP contribution is 2.35. The van der Waals surface area contributed by atoms with Crippen molar-refractivity contribution in [3.8, 4) is 0 Å². The fraction of sp³-hybridized carbons (Fsp3) is 0.562. The van der Waals surface area contributed by atoms with Crippen molar-refractivity contribution in [2.75, 3.05) is 0 Å². The number of carbonyl (C=O) groups excluding carboxylic acids is 1. The van der Waals surface area contributed by atoms with E-state index in [-0.39, 0.29) is 18.2 Å². The van der Waals surface area contributed by atoms with Gasteiger partial charge in [-0.3, -0.25) is 4.90 Å². The number of amides is 1. The minimum atomic E-state index is -1.48. The molecule has 0 saturated heterocycles. The van der Waals surface area contributed by atoms with Crippen molar-refractivity contribution in [3.05, 3.63) is 29.8 Å². The smallest absolute Gasteiger partial charge is 0.444 e. The Hall–Kier alpha value is -1.53. The number of ether oxygens (including phenoxy) is 1. The summed E-state index contributed by atoms with van der Waals surface area (Å²) in [4.78, 5) is 14.2. The van der Waals surface area contributed by atoms with Crippen LogP contribution in [0.4, 0.5) is 4.79 Å². The zero-order valence-electron chi connectivity index (χ0n) is 13.6. The van der Waals surface area contributed by atoms with Gasteiger partial charge in [-0.15, -0.1) is 0 Å². The second-order valence-electron chi connectivity index (χ2n) is 6.84. The predicted molar refractivity (Wildman–Crippen MR) is 85.8 cm³/mol. The lowest BCUT2D eigenvalue weighted by atomic mass is 9.80. The largest absolute Gasteiger partial charge is 0.488 e. The van der Waals surface area contributed by atoms with Gasteiger partial charge in [-0.25, -0.2) is 4.79 Å². The van der Waals surface area contributed by atoms with Crippen LogP contribution in [0.2, 0.25) is 0 Å². The molecule has 1 aliphatic carbocycles. The summed E-state index contributed by atoms with van der Waals surface area (Å²) in [5.74, 6) is 0. The SMILES string of the molecule is CC(c1ccc(B(O)O)cc1)N(C(=O)OC(C)(C)C)C1CC1. The van der Waals surface area contributed by atoms with E-state index < -0.39 is 12.7 Å². The first-order valence-corrected chi connectivity index (χ1v) is 7.66. The second kappa shape index (κ2) is 6.30. The number of carbonyl (C=O) groups is 1. The third kappa shape index (κ3) is 4.24. The van der Waals surface area contributed by atoms with Crippen LogP contribution in [0.25, 0.3) is 0 Å². The first-order valence-electron chi connectivity index (χ1n) is 7.66. The van der Waals surface area contributed by atoms with E-state index in [1.165, 1.54) is 0 Å². The minimum Gasteiger partial charge on any atom is -0.444 e. The Balaban J connectivity index is 2.16. The molecule has 0 bridgehead atoms. The van der Waals surface area contributed by atoms with Crippen LogP contribution in [0, 0.1) is 0 Å². The first kappa shape index (κ1) is 16.8. The minimum absolute atomic E-state index is 0.118. The zero-order valence-corrected chi connectivity index (χ0v) is 13.6. The van der Waals surface area contributed by atoms with Gasteiger partial charge < -0.3 is 14.8 Å². The van der Waals surface area contributed by atoms with Crippen molar-refractivity contribution < 1.29 is 19.6 Å². The Labute approximate surface area is 132 Å². The van der Waals surface area contributed by atoms with E-state index in [1.807, 2.05) is 39.8 Å². The molecule has 1 aromatic carbocycles. The van der Waals surface area contributed by atoms with Gasteiger partial charge in [0.2, 0.25) is 0 Å². The molecule has 1 atom stereocenters. The number of nitrogens with zero attached hydrogens (tertiary/aromatic N) is 1. The van der Waals surface area contributed by atoms with E-state index in [9.17, 15) is 4.79 Å². The maximum absolute atomic E-state index is 12.5. The molecule has 2 N–H and O–H groups in total. The summed E-state index contributed by atoms with van der Waals surface area (Å²) < 4.78 is 5.51. The molecule has 1 aliphatic rings. The molecule has 0 aliphatic heterocycles. The molecule has 2 rings (SSSR count). The van der Waals surface area contributed by atoms with Gasteiger partial charge in [-0.05, 0) is 51.6 Å². The fourth-order valence-electron chi connectivity index (χ4n) is 2.40. The van der Waals surface area contributed by atoms with Crippen molar-refractivity contribution in [1.82, 2.24) is 4.90 Å². The van der Waals surface area contributed by atoms with Gasteiger partial charge in [-0.2, -0.15) is 0 Å². The first-order chi connectivity index (χ1) is 10.2. The monoisotopic (exact) mass is 305 g/mol. The number of benzene rings is 1. The molecule has 120 valence electrons. The molecule has 0 radical (unpaired) electrons. The van der Waals surface area contributed by atoms with Crippen LogP contribution in [0.1, 0.15) is 52.1 Å². The Bertz CT molecular complexity index is 520. The number of hydrogen-bond acceptors (Lipinski definition) is 4. The average molecular weight is 305 g/mol. The molecule has 1 fully saturated rings. The van der Waals surface area contributed by atoms with Crippen molar-refractivity contribution in [1.29, 1.82) is 0 Å². The highest BCUT2D eigenvalue weighted by atomic mass is 16.6. The highest BCUT2D eigenvalue weighted by molar-refractivity contribution is 6.58. The molecular formula is C16H24BNO4. The summed E-state index contributed by atoms with van der Waals surface area (Å²) in [6.07, 6.45) is 1.70. The van der Waals surface area contributed by atoms with Gasteiger partial charge in [0.05, 0.1) is 6.04 Å². The topological polar surface area (TPSA) is 70.0 Å². The summed E-state index contributed by atoms with van der Waals surface area (Å²) in [5, 5.41) is 18.3. The number of rotatable bonds is 4. The van der Waals surface area contributed by atoms with E-state index >= 15 is 0 Å². The van der Waals surface area contributed by atoms with E-state index in [2.05, 4.69) is 0 Å².